The fraction of sp³-hybridized carbons (Fsp3) is 0.286. The summed E-state index contributed by atoms with van der Waals surface area (Å²) in [5.41, 5.74) is 6.14. The number of carbonyl (C=O) groups is 1. The summed E-state index contributed by atoms with van der Waals surface area (Å²) in [6, 6.07) is 8.61. The van der Waals surface area contributed by atoms with Crippen LogP contribution in [0.3, 0.4) is 0 Å². The number of likely N-dealkylation sites (N-methyl/N-ethyl adjacent to an activating group) is 1. The Kier molecular flexibility index (Phi) is 7.60. The van der Waals surface area contributed by atoms with Crippen molar-refractivity contribution in [1.29, 1.82) is 5.41 Å². The number of ether oxygens (including phenoxy) is 4. The van der Waals surface area contributed by atoms with Gasteiger partial charge in [-0.2, -0.15) is 4.39 Å². The zero-order chi connectivity index (χ0) is 29.3. The number of aromatic nitrogens is 1. The van der Waals surface area contributed by atoms with Gasteiger partial charge in [-0.1, -0.05) is 0 Å². The third-order valence-corrected chi connectivity index (χ3v) is 6.77. The first-order valence-corrected chi connectivity index (χ1v) is 12.7. The molecule has 1 aromatic heterocycles. The van der Waals surface area contributed by atoms with E-state index in [1.165, 1.54) is 31.4 Å². The first-order valence-electron chi connectivity index (χ1n) is 12.7. The Hall–Kier alpha value is -4.94. The zero-order valence-electron chi connectivity index (χ0n) is 22.2. The molecule has 1 aliphatic heterocycles. The molecule has 11 nitrogen and oxygen atoms in total. The van der Waals surface area contributed by atoms with Gasteiger partial charge in [-0.15, -0.1) is 0 Å². The Bertz CT molecular complexity index is 1540. The number of carbonyl (C=O) groups excluding carboxylic acids is 1. The molecule has 0 spiro atoms. The van der Waals surface area contributed by atoms with Crippen molar-refractivity contribution in [3.63, 3.8) is 0 Å². The summed E-state index contributed by atoms with van der Waals surface area (Å²) in [5, 5.41) is 17.7. The molecule has 0 unspecified atom stereocenters. The molecule has 0 amide bonds. The lowest BCUT2D eigenvalue weighted by molar-refractivity contribution is -0.151. The lowest BCUT2D eigenvalue weighted by Gasteiger charge is -2.33. The number of hydrogen-bond acceptors (Lipinski definition) is 10. The number of hydrogen-bond donors (Lipinski definition) is 3. The van der Waals surface area contributed by atoms with Crippen LogP contribution in [0.2, 0.25) is 0 Å². The fourth-order valence-corrected chi connectivity index (χ4v) is 4.46. The summed E-state index contributed by atoms with van der Waals surface area (Å²) in [7, 11) is 3.18. The Labute approximate surface area is 233 Å². The highest BCUT2D eigenvalue weighted by Crippen LogP contribution is 2.39. The summed E-state index contributed by atoms with van der Waals surface area (Å²) in [5.74, 6) is -4.07. The summed E-state index contributed by atoms with van der Waals surface area (Å²) in [6.45, 7) is 1.17. The molecule has 0 saturated heterocycles. The van der Waals surface area contributed by atoms with Crippen LogP contribution in [0.1, 0.15) is 24.0 Å². The normalized spacial score (nSPS) is 17.9. The first kappa shape index (κ1) is 27.6. The number of nitrogens with one attached hydrogen (secondary N) is 1. The van der Waals surface area contributed by atoms with E-state index in [0.29, 0.717) is 43.1 Å². The highest BCUT2D eigenvalue weighted by atomic mass is 19.1. The van der Waals surface area contributed by atoms with Crippen LogP contribution in [0.4, 0.5) is 8.78 Å². The number of halogens is 2. The van der Waals surface area contributed by atoms with Crippen LogP contribution in [0.15, 0.2) is 47.6 Å². The largest absolute Gasteiger partial charge is 0.504 e. The third-order valence-electron chi connectivity index (χ3n) is 6.77. The van der Waals surface area contributed by atoms with E-state index in [1.807, 2.05) is 11.9 Å². The van der Waals surface area contributed by atoms with Crippen molar-refractivity contribution in [2.24, 2.45) is 16.6 Å². The molecule has 214 valence electrons. The molecule has 2 aromatic carbocycles. The molecule has 3 aromatic rings. The van der Waals surface area contributed by atoms with Crippen molar-refractivity contribution in [3.8, 4) is 34.6 Å². The van der Waals surface area contributed by atoms with Crippen LogP contribution in [-0.2, 0) is 9.53 Å². The topological polar surface area (TPSA) is 153 Å². The molecule has 5 rings (SSSR count). The van der Waals surface area contributed by atoms with Gasteiger partial charge in [0.1, 0.15) is 29.3 Å². The van der Waals surface area contributed by atoms with Crippen LogP contribution >= 0.6 is 0 Å². The van der Waals surface area contributed by atoms with Gasteiger partial charge in [0, 0.05) is 19.2 Å². The van der Waals surface area contributed by atoms with Crippen molar-refractivity contribution in [2.75, 3.05) is 27.2 Å². The summed E-state index contributed by atoms with van der Waals surface area (Å²) >= 11 is 0. The van der Waals surface area contributed by atoms with Gasteiger partial charge in [-0.3, -0.25) is 15.2 Å². The number of phenolic OH excluding ortho intramolecular Hbond substituents is 1. The molecule has 4 N–H and O–H groups in total. The van der Waals surface area contributed by atoms with Gasteiger partial charge in [0.2, 0.25) is 11.6 Å². The van der Waals surface area contributed by atoms with Gasteiger partial charge in [-0.25, -0.2) is 9.37 Å². The number of phenols is 1. The average Bonchev–Trinajstić information content (AvgIpc) is 3.36. The highest BCUT2D eigenvalue weighted by Gasteiger charge is 2.37. The Morgan fingerprint density at radius 1 is 1.15 bits per heavy atom. The molecular weight excluding hydrogens is 540 g/mol. The second-order valence-electron chi connectivity index (χ2n) is 9.57. The lowest BCUT2D eigenvalue weighted by atomic mass is 9.82. The quantitative estimate of drug-likeness (QED) is 0.198. The minimum absolute atomic E-state index is 0.0993. The molecule has 13 heteroatoms. The number of methoxy groups -OCH3 is 1. The first-order chi connectivity index (χ1) is 19.6. The molecule has 2 heterocycles. The molecule has 1 saturated carbocycles. The number of nitrogens with two attached hydrogens (primary N) is 1. The summed E-state index contributed by atoms with van der Waals surface area (Å²) in [4.78, 5) is 21.7. The van der Waals surface area contributed by atoms with Crippen molar-refractivity contribution >= 4 is 17.6 Å². The number of esters is 1. The van der Waals surface area contributed by atoms with E-state index in [1.54, 1.807) is 12.1 Å². The molecule has 1 fully saturated rings. The summed E-state index contributed by atoms with van der Waals surface area (Å²) < 4.78 is 52.3. The van der Waals surface area contributed by atoms with Crippen molar-refractivity contribution < 1.29 is 37.6 Å². The van der Waals surface area contributed by atoms with Crippen LogP contribution in [-0.4, -0.2) is 66.0 Å². The fourth-order valence-electron chi connectivity index (χ4n) is 4.46. The van der Waals surface area contributed by atoms with E-state index in [2.05, 4.69) is 9.98 Å². The minimum atomic E-state index is -1.26. The van der Waals surface area contributed by atoms with E-state index >= 15 is 4.39 Å². The van der Waals surface area contributed by atoms with Crippen LogP contribution in [0.5, 0.6) is 34.6 Å². The molecule has 0 atom stereocenters. The van der Waals surface area contributed by atoms with Crippen LogP contribution < -0.4 is 19.9 Å². The highest BCUT2D eigenvalue weighted by molar-refractivity contribution is 6.02. The number of aliphatic imine (C=N–C) groups is 1. The second kappa shape index (κ2) is 11.3. The number of pyridine rings is 1. The number of nitrogen functional groups attached to an aromatic ring is 1. The molecule has 2 aliphatic rings. The number of amidine groups is 2. The Balaban J connectivity index is 1.43. The molecular formula is C28H27F2N5O6. The monoisotopic (exact) mass is 567 g/mol. The molecule has 0 bridgehead atoms. The van der Waals surface area contributed by atoms with Gasteiger partial charge in [0.05, 0.1) is 31.3 Å². The van der Waals surface area contributed by atoms with Crippen molar-refractivity contribution in [1.82, 2.24) is 9.88 Å². The Morgan fingerprint density at radius 3 is 2.61 bits per heavy atom. The van der Waals surface area contributed by atoms with Crippen molar-refractivity contribution in [3.05, 3.63) is 65.4 Å². The number of rotatable bonds is 9. The smallest absolute Gasteiger partial charge is 0.308 e. The molecule has 1 aliphatic carbocycles. The molecule has 41 heavy (non-hydrogen) atoms. The number of aromatic hydroxyl groups is 1. The van der Waals surface area contributed by atoms with Gasteiger partial charge >= 0.3 is 5.97 Å². The van der Waals surface area contributed by atoms with Gasteiger partial charge in [0.25, 0.3) is 5.88 Å². The summed E-state index contributed by atoms with van der Waals surface area (Å²) in [6.07, 6.45) is 1.57. The lowest BCUT2D eigenvalue weighted by Crippen LogP contribution is -2.38. The SMILES string of the molecule is COC(=O)C1CC(Oc2ccc(Oc3c(F)cnc(Oc4cc(C(=N)N)ccc4O)c3F)c(C3=NCCN3C)c2)C1. The number of nitrogens with zero attached hydrogens (tertiary/aromatic N) is 3. The van der Waals surface area contributed by atoms with E-state index in [9.17, 15) is 14.3 Å². The predicted molar refractivity (Wildman–Crippen MR) is 143 cm³/mol. The van der Waals surface area contributed by atoms with E-state index in [4.69, 9.17) is 30.1 Å². The van der Waals surface area contributed by atoms with Crippen molar-refractivity contribution in [2.45, 2.75) is 18.9 Å². The standard InChI is InChI=1S/C28H27F2N5O6/c1-35-8-7-33-26(35)18-12-16(39-17-9-15(10-17)28(37)38-2)4-6-21(18)40-24-19(29)13-34-27(23(24)30)41-22-11-14(25(31)32)3-5-20(22)36/h3-6,11-13,15,17,36H,7-10H2,1-2H3,(H3,31,32). The van der Waals surface area contributed by atoms with Crippen LogP contribution in [0.25, 0.3) is 0 Å². The minimum Gasteiger partial charge on any atom is -0.504 e. The van der Waals surface area contributed by atoms with Crippen LogP contribution in [0, 0.1) is 23.0 Å². The number of benzene rings is 2. The van der Waals surface area contributed by atoms with E-state index < -0.39 is 23.3 Å². The predicted octanol–water partition coefficient (Wildman–Crippen LogP) is 3.96. The second-order valence-corrected chi connectivity index (χ2v) is 9.57. The van der Waals surface area contributed by atoms with Gasteiger partial charge in [0.15, 0.2) is 17.3 Å². The molecule has 0 radical (unpaired) electrons. The average molecular weight is 568 g/mol. The maximum atomic E-state index is 15.5. The zero-order valence-corrected chi connectivity index (χ0v) is 22.2. The maximum Gasteiger partial charge on any atom is 0.308 e. The van der Waals surface area contributed by atoms with Gasteiger partial charge < -0.3 is 34.7 Å². The van der Waals surface area contributed by atoms with E-state index in [0.717, 1.165) is 6.20 Å². The Morgan fingerprint density at radius 2 is 1.93 bits per heavy atom. The third kappa shape index (κ3) is 5.69. The maximum absolute atomic E-state index is 15.5. The van der Waals surface area contributed by atoms with E-state index in [-0.39, 0.29) is 46.6 Å². The van der Waals surface area contributed by atoms with Gasteiger partial charge in [-0.05, 0) is 49.2 Å².